The molecule has 7 rings (SSSR count). The van der Waals surface area contributed by atoms with Crippen LogP contribution in [0.3, 0.4) is 0 Å². The molecule has 0 radical (unpaired) electrons. The fourth-order valence-electron chi connectivity index (χ4n) is 6.01. The lowest BCUT2D eigenvalue weighted by Crippen LogP contribution is -2.09. The maximum atomic E-state index is 8.85. The number of aromatic nitrogens is 5. The second-order valence-electron chi connectivity index (χ2n) is 10.8. The molecule has 0 unspecified atom stereocenters. The Bertz CT molecular complexity index is 2430. The van der Waals surface area contributed by atoms with E-state index >= 15 is 0 Å². The minimum absolute atomic E-state index is 0.471. The minimum Gasteiger partial charge on any atom is -0.309 e. The van der Waals surface area contributed by atoms with Crippen LogP contribution >= 0.6 is 0 Å². The van der Waals surface area contributed by atoms with Crippen molar-refractivity contribution in [3.63, 3.8) is 0 Å². The third kappa shape index (κ3) is 5.00. The Morgan fingerprint density at radius 3 is 2.07 bits per heavy atom. The van der Waals surface area contributed by atoms with Crippen molar-refractivity contribution < 1.29 is 0 Å². The van der Waals surface area contributed by atoms with Crippen LogP contribution in [0.4, 0.5) is 0 Å². The molecule has 0 fully saturated rings. The first-order valence-corrected chi connectivity index (χ1v) is 15.2. The fourth-order valence-corrected chi connectivity index (χ4v) is 6.01. The van der Waals surface area contributed by atoms with Gasteiger partial charge in [-0.1, -0.05) is 104 Å². The fraction of sp³-hybridized carbons (Fsp3) is 0.0500. The van der Waals surface area contributed by atoms with E-state index in [-0.39, 0.29) is 0 Å². The van der Waals surface area contributed by atoms with Crippen molar-refractivity contribution in [3.05, 3.63) is 158 Å². The van der Waals surface area contributed by atoms with Gasteiger partial charge in [-0.05, 0) is 43.3 Å². The van der Waals surface area contributed by atoms with Crippen molar-refractivity contribution in [1.82, 2.24) is 24.1 Å². The van der Waals surface area contributed by atoms with Crippen molar-refractivity contribution in [2.24, 2.45) is 0 Å². The summed E-state index contributed by atoms with van der Waals surface area (Å²) in [7, 11) is 0. The summed E-state index contributed by atoms with van der Waals surface area (Å²) in [6.45, 7) is 6.00. The van der Waals surface area contributed by atoms with Crippen molar-refractivity contribution in [1.29, 1.82) is 5.26 Å². The summed E-state index contributed by atoms with van der Waals surface area (Å²) in [6, 6.07) is 34.0. The highest BCUT2D eigenvalue weighted by atomic mass is 15.2. The summed E-state index contributed by atoms with van der Waals surface area (Å²) in [6.07, 6.45) is 15.0. The number of hydrogen-bond donors (Lipinski definition) is 0. The number of allylic oxidation sites excluding steroid dienone is 9. The van der Waals surface area contributed by atoms with Crippen molar-refractivity contribution >= 4 is 49.2 Å². The summed E-state index contributed by atoms with van der Waals surface area (Å²) in [5, 5.41) is 13.4. The van der Waals surface area contributed by atoms with Crippen LogP contribution in [0.5, 0.6) is 0 Å². The van der Waals surface area contributed by atoms with Crippen molar-refractivity contribution in [3.8, 4) is 17.7 Å². The molecule has 0 bridgehead atoms. The largest absolute Gasteiger partial charge is 0.309 e. The van der Waals surface area contributed by atoms with E-state index in [2.05, 4.69) is 94.6 Å². The molecule has 6 heteroatoms. The number of fused-ring (bicyclic) bond motifs is 6. The molecule has 3 aromatic heterocycles. The molecule has 0 atom stereocenters. The van der Waals surface area contributed by atoms with Crippen LogP contribution < -0.4 is 0 Å². The van der Waals surface area contributed by atoms with E-state index in [0.717, 1.165) is 49.5 Å². The van der Waals surface area contributed by atoms with Crippen LogP contribution in [-0.2, 0) is 6.42 Å². The van der Waals surface area contributed by atoms with E-state index in [0.29, 0.717) is 24.0 Å². The molecular formula is C40H30N6. The number of rotatable bonds is 8. The van der Waals surface area contributed by atoms with Crippen LogP contribution in [0.15, 0.2) is 146 Å². The first-order chi connectivity index (χ1) is 22.7. The standard InChI is InChI=1S/C40H30N6/c1-3-5-17-28(4-2)39-42-38(24-11-6-7-16-25-41)43-40(44-39)46-35-23-15-13-21-31(35)33-26-36-32(27-37(33)46)30-20-12-14-22-34(30)45(36)29-18-9-8-10-19-29/h3-23,26-27H,2,24H2,1H3/b5-3-,11-6-,16-7+,28-17+. The van der Waals surface area contributed by atoms with Gasteiger partial charge in [0.15, 0.2) is 5.82 Å². The quantitative estimate of drug-likeness (QED) is 0.130. The lowest BCUT2D eigenvalue weighted by Gasteiger charge is -2.10. The smallest absolute Gasteiger partial charge is 0.238 e. The zero-order valence-corrected chi connectivity index (χ0v) is 25.4. The molecule has 0 N–H and O–H groups in total. The Balaban J connectivity index is 1.54. The average molecular weight is 595 g/mol. The first kappa shape index (κ1) is 28.5. The molecule has 7 aromatic rings. The third-order valence-corrected chi connectivity index (χ3v) is 8.02. The molecule has 0 aliphatic heterocycles. The summed E-state index contributed by atoms with van der Waals surface area (Å²) < 4.78 is 4.48. The molecule has 6 nitrogen and oxygen atoms in total. The van der Waals surface area contributed by atoms with Gasteiger partial charge in [-0.3, -0.25) is 4.57 Å². The SMILES string of the molecule is C=C/C(=C\C=C/C)c1nc(C/C=C\C=C\C#N)nc(-n2c3ccccc3c3cc4c(cc32)c2ccccc2n4-c2ccccc2)n1. The normalized spacial score (nSPS) is 12.5. The van der Waals surface area contributed by atoms with Gasteiger partial charge < -0.3 is 4.57 Å². The zero-order chi connectivity index (χ0) is 31.5. The minimum atomic E-state index is 0.471. The highest BCUT2D eigenvalue weighted by Gasteiger charge is 2.20. The van der Waals surface area contributed by atoms with Crippen LogP contribution in [0.2, 0.25) is 0 Å². The van der Waals surface area contributed by atoms with Gasteiger partial charge >= 0.3 is 0 Å². The average Bonchev–Trinajstić information content (AvgIpc) is 3.60. The summed E-state index contributed by atoms with van der Waals surface area (Å²) in [4.78, 5) is 14.9. The maximum absolute atomic E-state index is 8.85. The Kier molecular flexibility index (Phi) is 7.64. The van der Waals surface area contributed by atoms with E-state index in [1.807, 2.05) is 55.5 Å². The van der Waals surface area contributed by atoms with Gasteiger partial charge in [-0.25, -0.2) is 4.98 Å². The van der Waals surface area contributed by atoms with Gasteiger partial charge in [-0.15, -0.1) is 0 Å². The number of nitriles is 1. The molecule has 220 valence electrons. The van der Waals surface area contributed by atoms with E-state index in [1.165, 1.54) is 11.5 Å². The number of hydrogen-bond acceptors (Lipinski definition) is 4. The molecule has 0 spiro atoms. The van der Waals surface area contributed by atoms with Gasteiger partial charge in [-0.2, -0.15) is 15.2 Å². The van der Waals surface area contributed by atoms with E-state index < -0.39 is 0 Å². The Morgan fingerprint density at radius 2 is 1.39 bits per heavy atom. The lowest BCUT2D eigenvalue weighted by molar-refractivity contribution is 0.863. The molecular weight excluding hydrogens is 564 g/mol. The summed E-state index contributed by atoms with van der Waals surface area (Å²) in [5.41, 5.74) is 6.22. The van der Waals surface area contributed by atoms with E-state index in [9.17, 15) is 0 Å². The molecule has 0 saturated carbocycles. The van der Waals surface area contributed by atoms with Gasteiger partial charge in [0.1, 0.15) is 5.82 Å². The molecule has 3 heterocycles. The van der Waals surface area contributed by atoms with E-state index in [1.54, 1.807) is 12.2 Å². The predicted octanol–water partition coefficient (Wildman–Crippen LogP) is 9.39. The van der Waals surface area contributed by atoms with Crippen molar-refractivity contribution in [2.75, 3.05) is 0 Å². The lowest BCUT2D eigenvalue weighted by atomic mass is 10.1. The van der Waals surface area contributed by atoms with Gasteiger partial charge in [0.2, 0.25) is 5.95 Å². The number of benzene rings is 4. The Hall–Kier alpha value is -6.32. The highest BCUT2D eigenvalue weighted by Crippen LogP contribution is 2.39. The predicted molar refractivity (Wildman–Crippen MR) is 189 cm³/mol. The van der Waals surface area contributed by atoms with Gasteiger partial charge in [0, 0.05) is 45.3 Å². The van der Waals surface area contributed by atoms with Crippen molar-refractivity contribution in [2.45, 2.75) is 13.3 Å². The summed E-state index contributed by atoms with van der Waals surface area (Å²) >= 11 is 0. The van der Waals surface area contributed by atoms with Crippen LogP contribution in [0, 0.1) is 11.3 Å². The molecule has 4 aromatic carbocycles. The number of nitrogens with zero attached hydrogens (tertiary/aromatic N) is 6. The molecule has 0 saturated heterocycles. The van der Waals surface area contributed by atoms with Crippen LogP contribution in [0.1, 0.15) is 18.6 Å². The zero-order valence-electron chi connectivity index (χ0n) is 25.4. The highest BCUT2D eigenvalue weighted by molar-refractivity contribution is 6.18. The second-order valence-corrected chi connectivity index (χ2v) is 10.8. The molecule has 0 aliphatic rings. The maximum Gasteiger partial charge on any atom is 0.238 e. The molecule has 46 heavy (non-hydrogen) atoms. The first-order valence-electron chi connectivity index (χ1n) is 15.2. The topological polar surface area (TPSA) is 72.3 Å². The Morgan fingerprint density at radius 1 is 0.739 bits per heavy atom. The monoisotopic (exact) mass is 594 g/mol. The third-order valence-electron chi connectivity index (χ3n) is 8.02. The van der Waals surface area contributed by atoms with E-state index in [4.69, 9.17) is 20.2 Å². The number of para-hydroxylation sites is 3. The molecule has 0 aliphatic carbocycles. The van der Waals surface area contributed by atoms with Gasteiger partial charge in [0.25, 0.3) is 0 Å². The van der Waals surface area contributed by atoms with Gasteiger partial charge in [0.05, 0.1) is 28.1 Å². The molecule has 0 amide bonds. The Labute approximate surface area is 266 Å². The van der Waals surface area contributed by atoms with Crippen LogP contribution in [0.25, 0.3) is 60.8 Å². The second kappa shape index (κ2) is 12.4. The van der Waals surface area contributed by atoms with Crippen LogP contribution in [-0.4, -0.2) is 24.1 Å². The summed E-state index contributed by atoms with van der Waals surface area (Å²) in [5.74, 6) is 1.69.